The van der Waals surface area contributed by atoms with E-state index in [0.717, 1.165) is 13.2 Å². The Labute approximate surface area is 121 Å². The molecule has 0 saturated heterocycles. The Morgan fingerprint density at radius 3 is 1.63 bits per heavy atom. The number of rotatable bonds is 12. The highest BCUT2D eigenvalue weighted by Gasteiger charge is 1.92. The molecule has 0 saturated carbocycles. The predicted octanol–water partition coefficient (Wildman–Crippen LogP) is 4.28. The molecule has 0 rings (SSSR count). The quantitative estimate of drug-likeness (QED) is 0.431. The maximum Gasteiger partial charge on any atom is 0.0814 e. The fraction of sp³-hybridized carbons (Fsp3) is 1.00. The molecule has 0 aliphatic carbocycles. The van der Waals surface area contributed by atoms with Gasteiger partial charge in [-0.05, 0) is 13.3 Å². The summed E-state index contributed by atoms with van der Waals surface area (Å²) in [5, 5.41) is 0. The molecule has 0 radical (unpaired) electrons. The first-order valence-electron chi connectivity index (χ1n) is 7.51. The van der Waals surface area contributed by atoms with E-state index in [1.807, 2.05) is 0 Å². The lowest BCUT2D eigenvalue weighted by molar-refractivity contribution is 0.143. The molecule has 1 atom stereocenters. The van der Waals surface area contributed by atoms with E-state index in [9.17, 15) is 0 Å². The molecule has 4 nitrogen and oxygen atoms in total. The van der Waals surface area contributed by atoms with Gasteiger partial charge in [0.05, 0.1) is 11.4 Å². The minimum absolute atomic E-state index is 0.872. The summed E-state index contributed by atoms with van der Waals surface area (Å²) < 4.78 is 29.4. The Hall–Kier alpha value is 0.0300. The summed E-state index contributed by atoms with van der Waals surface area (Å²) in [6.07, 6.45) is 14.0. The van der Waals surface area contributed by atoms with E-state index in [4.69, 9.17) is 18.1 Å². The standard InChI is InChI=1S/C14H30O.H2O3S/c1-3-5-6-7-8-9-10-11-12-13-14-15-4-2;1-4(2)3/h3-14H2,1-2H3;(H2,1,2,3)/p-1. The van der Waals surface area contributed by atoms with Gasteiger partial charge in [0.1, 0.15) is 0 Å². The van der Waals surface area contributed by atoms with E-state index in [0.29, 0.717) is 0 Å². The first-order valence-corrected chi connectivity index (χ1v) is 8.54. The van der Waals surface area contributed by atoms with E-state index in [2.05, 4.69) is 13.8 Å². The molecule has 0 aromatic heterocycles. The number of ether oxygens (including phenoxy) is 1. The minimum atomic E-state index is -2.86. The van der Waals surface area contributed by atoms with Gasteiger partial charge in [0.15, 0.2) is 0 Å². The second-order valence-electron chi connectivity index (χ2n) is 4.60. The van der Waals surface area contributed by atoms with Crippen molar-refractivity contribution < 1.29 is 18.1 Å². The first-order chi connectivity index (χ1) is 9.15. The van der Waals surface area contributed by atoms with Gasteiger partial charge in [-0.2, -0.15) is 0 Å². The largest absolute Gasteiger partial charge is 0.750 e. The highest BCUT2D eigenvalue weighted by Crippen LogP contribution is 2.10. The fourth-order valence-corrected chi connectivity index (χ4v) is 1.84. The van der Waals surface area contributed by atoms with Crippen molar-refractivity contribution >= 4 is 11.4 Å². The van der Waals surface area contributed by atoms with Crippen molar-refractivity contribution in [3.8, 4) is 0 Å². The summed E-state index contributed by atoms with van der Waals surface area (Å²) >= 11 is -2.86. The van der Waals surface area contributed by atoms with Crippen LogP contribution in [-0.4, -0.2) is 26.5 Å². The second-order valence-corrected chi connectivity index (χ2v) is 5.03. The monoisotopic (exact) mass is 295 g/mol. The molecule has 19 heavy (non-hydrogen) atoms. The molecule has 0 heterocycles. The van der Waals surface area contributed by atoms with Crippen molar-refractivity contribution in [2.45, 2.75) is 78.1 Å². The van der Waals surface area contributed by atoms with Crippen LogP contribution in [0.5, 0.6) is 0 Å². The van der Waals surface area contributed by atoms with Gasteiger partial charge in [-0.15, -0.1) is 0 Å². The molecule has 118 valence electrons. The third-order valence-corrected chi connectivity index (χ3v) is 2.85. The smallest absolute Gasteiger partial charge is 0.0814 e. The third kappa shape index (κ3) is 32.0. The number of hydrogen-bond donors (Lipinski definition) is 1. The summed E-state index contributed by atoms with van der Waals surface area (Å²) in [7, 11) is 0. The van der Waals surface area contributed by atoms with Crippen molar-refractivity contribution in [2.24, 2.45) is 0 Å². The van der Waals surface area contributed by atoms with Crippen LogP contribution in [0.3, 0.4) is 0 Å². The lowest BCUT2D eigenvalue weighted by atomic mass is 10.1. The minimum Gasteiger partial charge on any atom is -0.750 e. The van der Waals surface area contributed by atoms with Crippen molar-refractivity contribution in [3.63, 3.8) is 0 Å². The Morgan fingerprint density at radius 1 is 0.895 bits per heavy atom. The van der Waals surface area contributed by atoms with Gasteiger partial charge in [-0.3, -0.25) is 0 Å². The average molecular weight is 295 g/mol. The van der Waals surface area contributed by atoms with Gasteiger partial charge >= 0.3 is 0 Å². The molecular weight excluding hydrogens is 264 g/mol. The third-order valence-electron chi connectivity index (χ3n) is 2.85. The van der Waals surface area contributed by atoms with Gasteiger partial charge in [-0.25, -0.2) is 4.21 Å². The lowest BCUT2D eigenvalue weighted by Crippen LogP contribution is -1.92. The van der Waals surface area contributed by atoms with Crippen molar-refractivity contribution in [2.75, 3.05) is 13.2 Å². The van der Waals surface area contributed by atoms with Crippen molar-refractivity contribution in [3.05, 3.63) is 0 Å². The van der Waals surface area contributed by atoms with Crippen LogP contribution >= 0.6 is 0 Å². The van der Waals surface area contributed by atoms with Crippen molar-refractivity contribution in [1.29, 1.82) is 0 Å². The molecule has 1 unspecified atom stereocenters. The van der Waals surface area contributed by atoms with Crippen LogP contribution in [0, 0.1) is 0 Å². The molecular formula is C14H31O4S-. The molecule has 0 amide bonds. The summed E-state index contributed by atoms with van der Waals surface area (Å²) in [4.78, 5) is 0. The number of unbranched alkanes of at least 4 members (excludes halogenated alkanes) is 9. The molecule has 0 aliphatic rings. The van der Waals surface area contributed by atoms with Crippen LogP contribution in [0.15, 0.2) is 0 Å². The Kier molecular flexibility index (Phi) is 22.8. The summed E-state index contributed by atoms with van der Waals surface area (Å²) in [6, 6.07) is 0. The normalized spacial score (nSPS) is 11.8. The predicted molar refractivity (Wildman–Crippen MR) is 79.9 cm³/mol. The maximum atomic E-state index is 8.56. The van der Waals surface area contributed by atoms with E-state index >= 15 is 0 Å². The van der Waals surface area contributed by atoms with Gasteiger partial charge in [0, 0.05) is 13.2 Å². The molecule has 5 heteroatoms. The molecule has 1 N–H and O–H groups in total. The van der Waals surface area contributed by atoms with Gasteiger partial charge in [0.25, 0.3) is 0 Å². The van der Waals surface area contributed by atoms with Crippen molar-refractivity contribution in [1.82, 2.24) is 0 Å². The zero-order valence-electron chi connectivity index (χ0n) is 12.6. The Balaban J connectivity index is 0. The molecule has 0 fully saturated rings. The Morgan fingerprint density at radius 2 is 1.26 bits per heavy atom. The van der Waals surface area contributed by atoms with Crippen LogP contribution in [0.4, 0.5) is 0 Å². The molecule has 0 aromatic carbocycles. The molecule has 0 aliphatic heterocycles. The first kappa shape index (κ1) is 21.3. The summed E-state index contributed by atoms with van der Waals surface area (Å²) in [6.45, 7) is 6.18. The highest BCUT2D eigenvalue weighted by molar-refractivity contribution is 7.73. The number of hydrogen-bond acceptors (Lipinski definition) is 3. The van der Waals surface area contributed by atoms with Crippen LogP contribution < -0.4 is 0 Å². The zero-order valence-corrected chi connectivity index (χ0v) is 13.4. The maximum absolute atomic E-state index is 8.56. The molecule has 0 spiro atoms. The topological polar surface area (TPSA) is 69.6 Å². The molecule has 0 aromatic rings. The summed E-state index contributed by atoms with van der Waals surface area (Å²) in [5.41, 5.74) is 0. The van der Waals surface area contributed by atoms with Gasteiger partial charge < -0.3 is 13.8 Å². The highest BCUT2D eigenvalue weighted by atomic mass is 32.2. The van der Waals surface area contributed by atoms with Crippen LogP contribution in [0.1, 0.15) is 78.1 Å². The van der Waals surface area contributed by atoms with E-state index in [1.54, 1.807) is 0 Å². The van der Waals surface area contributed by atoms with E-state index in [1.165, 1.54) is 64.2 Å². The second kappa shape index (κ2) is 20.3. The van der Waals surface area contributed by atoms with Gasteiger partial charge in [0.2, 0.25) is 0 Å². The SMILES string of the molecule is CCCCCCCCCCCCOCC.O=S([O-])O. The zero-order chi connectivity index (χ0) is 14.8. The molecule has 0 bridgehead atoms. The Bertz CT molecular complexity index is 161. The van der Waals surface area contributed by atoms with Gasteiger partial charge in [-0.1, -0.05) is 64.7 Å². The van der Waals surface area contributed by atoms with Crippen LogP contribution in [-0.2, 0) is 16.1 Å². The lowest BCUT2D eigenvalue weighted by Gasteiger charge is -2.02. The van der Waals surface area contributed by atoms with Crippen LogP contribution in [0.2, 0.25) is 0 Å². The van der Waals surface area contributed by atoms with E-state index < -0.39 is 11.4 Å². The summed E-state index contributed by atoms with van der Waals surface area (Å²) in [5.74, 6) is 0. The fourth-order valence-electron chi connectivity index (χ4n) is 1.84. The van der Waals surface area contributed by atoms with E-state index in [-0.39, 0.29) is 0 Å². The average Bonchev–Trinajstić information content (AvgIpc) is 2.35. The van der Waals surface area contributed by atoms with Crippen LogP contribution in [0.25, 0.3) is 0 Å².